The zero-order valence-electron chi connectivity index (χ0n) is 11.2. The third-order valence-electron chi connectivity index (χ3n) is 2.96. The summed E-state index contributed by atoms with van der Waals surface area (Å²) in [6.45, 7) is 0. The number of sulfonamides is 1. The number of hydrogen-bond donors (Lipinski definition) is 1. The molecular formula is C15H15Br2NO2S. The predicted octanol–water partition coefficient (Wildman–Crippen LogP) is 3.73. The molecular weight excluding hydrogens is 418 g/mol. The molecule has 2 rings (SSSR count). The molecule has 0 bridgehead atoms. The van der Waals surface area contributed by atoms with Crippen LogP contribution in [0.3, 0.4) is 0 Å². The molecule has 0 aliphatic carbocycles. The highest BCUT2D eigenvalue weighted by Crippen LogP contribution is 2.16. The van der Waals surface area contributed by atoms with Crippen molar-refractivity contribution in [3.63, 3.8) is 0 Å². The molecule has 0 saturated heterocycles. The summed E-state index contributed by atoms with van der Waals surface area (Å²) in [4.78, 5) is 0.268. The fourth-order valence-electron chi connectivity index (χ4n) is 1.93. The Labute approximate surface area is 142 Å². The summed E-state index contributed by atoms with van der Waals surface area (Å²) in [6.07, 6.45) is 0.641. The van der Waals surface area contributed by atoms with Gasteiger partial charge in [0.25, 0.3) is 0 Å². The van der Waals surface area contributed by atoms with Crippen molar-refractivity contribution in [3.05, 3.63) is 64.6 Å². The molecule has 0 fully saturated rings. The van der Waals surface area contributed by atoms with E-state index >= 15 is 0 Å². The quantitative estimate of drug-likeness (QED) is 0.706. The number of hydrogen-bond acceptors (Lipinski definition) is 2. The van der Waals surface area contributed by atoms with Crippen LogP contribution in [0.1, 0.15) is 5.56 Å². The maximum absolute atomic E-state index is 12.4. The minimum absolute atomic E-state index is 0.193. The smallest absolute Gasteiger partial charge is 0.207 e. The van der Waals surface area contributed by atoms with Crippen molar-refractivity contribution in [2.45, 2.75) is 17.4 Å². The van der Waals surface area contributed by atoms with E-state index in [2.05, 4.69) is 36.6 Å². The van der Waals surface area contributed by atoms with Crippen molar-refractivity contribution in [2.75, 3.05) is 5.33 Å². The minimum Gasteiger partial charge on any atom is -0.207 e. The average molecular weight is 433 g/mol. The lowest BCUT2D eigenvalue weighted by Gasteiger charge is -2.16. The molecule has 1 N–H and O–H groups in total. The third kappa shape index (κ3) is 4.92. The monoisotopic (exact) mass is 431 g/mol. The van der Waals surface area contributed by atoms with Crippen LogP contribution in [0.25, 0.3) is 0 Å². The lowest BCUT2D eigenvalue weighted by Crippen LogP contribution is -2.37. The lowest BCUT2D eigenvalue weighted by atomic mass is 10.1. The van der Waals surface area contributed by atoms with Gasteiger partial charge in [-0.15, -0.1) is 0 Å². The van der Waals surface area contributed by atoms with Gasteiger partial charge in [0.15, 0.2) is 0 Å². The molecule has 2 aromatic rings. The van der Waals surface area contributed by atoms with Crippen molar-refractivity contribution >= 4 is 41.9 Å². The van der Waals surface area contributed by atoms with Gasteiger partial charge in [0.2, 0.25) is 10.0 Å². The van der Waals surface area contributed by atoms with Gasteiger partial charge in [-0.05, 0) is 36.2 Å². The summed E-state index contributed by atoms with van der Waals surface area (Å²) < 4.78 is 28.3. The van der Waals surface area contributed by atoms with Gasteiger partial charge in [0.05, 0.1) is 4.90 Å². The molecule has 0 aromatic heterocycles. The predicted molar refractivity (Wildman–Crippen MR) is 92.2 cm³/mol. The zero-order chi connectivity index (χ0) is 15.3. The van der Waals surface area contributed by atoms with Crippen molar-refractivity contribution < 1.29 is 8.42 Å². The Hall–Kier alpha value is -0.690. The van der Waals surface area contributed by atoms with Crippen LogP contribution in [-0.4, -0.2) is 19.8 Å². The molecule has 3 nitrogen and oxygen atoms in total. The number of rotatable bonds is 6. The fraction of sp³-hybridized carbons (Fsp3) is 0.200. The maximum Gasteiger partial charge on any atom is 0.240 e. The topological polar surface area (TPSA) is 46.2 Å². The van der Waals surface area contributed by atoms with Crippen LogP contribution in [0, 0.1) is 0 Å². The summed E-state index contributed by atoms with van der Waals surface area (Å²) >= 11 is 6.67. The number of alkyl halides is 1. The Morgan fingerprint density at radius 1 is 1.00 bits per heavy atom. The highest BCUT2D eigenvalue weighted by Gasteiger charge is 2.19. The molecule has 21 heavy (non-hydrogen) atoms. The van der Waals surface area contributed by atoms with E-state index in [1.165, 1.54) is 0 Å². The number of benzene rings is 2. The van der Waals surface area contributed by atoms with Crippen LogP contribution in [0.4, 0.5) is 0 Å². The largest absolute Gasteiger partial charge is 0.240 e. The summed E-state index contributed by atoms with van der Waals surface area (Å²) in [5, 5.41) is 0.553. The maximum atomic E-state index is 12.4. The third-order valence-corrected chi connectivity index (χ3v) is 5.80. The molecule has 0 heterocycles. The SMILES string of the molecule is O=S(=O)(NC(CBr)Cc1ccccc1)c1ccc(Br)cc1. The first-order chi connectivity index (χ1) is 10.0. The molecule has 0 amide bonds. The van der Waals surface area contributed by atoms with E-state index in [-0.39, 0.29) is 10.9 Å². The second-order valence-corrected chi connectivity index (χ2v) is 7.89. The molecule has 0 saturated carbocycles. The van der Waals surface area contributed by atoms with E-state index in [9.17, 15) is 8.42 Å². The van der Waals surface area contributed by atoms with Crippen molar-refractivity contribution in [1.82, 2.24) is 4.72 Å². The Balaban J connectivity index is 2.12. The molecule has 0 radical (unpaired) electrons. The van der Waals surface area contributed by atoms with Crippen LogP contribution < -0.4 is 4.72 Å². The van der Waals surface area contributed by atoms with Gasteiger partial charge in [-0.1, -0.05) is 62.2 Å². The van der Waals surface area contributed by atoms with Gasteiger partial charge in [-0.2, -0.15) is 0 Å². The van der Waals surface area contributed by atoms with Gasteiger partial charge in [-0.25, -0.2) is 13.1 Å². The first kappa shape index (κ1) is 16.7. The zero-order valence-corrected chi connectivity index (χ0v) is 15.2. The van der Waals surface area contributed by atoms with Gasteiger partial charge in [0, 0.05) is 15.8 Å². The first-order valence-electron chi connectivity index (χ1n) is 6.39. The van der Waals surface area contributed by atoms with E-state index < -0.39 is 10.0 Å². The Morgan fingerprint density at radius 2 is 1.62 bits per heavy atom. The van der Waals surface area contributed by atoms with Gasteiger partial charge >= 0.3 is 0 Å². The molecule has 2 aromatic carbocycles. The summed E-state index contributed by atoms with van der Waals surface area (Å²) in [5.41, 5.74) is 1.10. The van der Waals surface area contributed by atoms with Gasteiger partial charge < -0.3 is 0 Å². The Morgan fingerprint density at radius 3 is 2.19 bits per heavy atom. The molecule has 112 valence electrons. The van der Waals surface area contributed by atoms with Crippen LogP contribution in [-0.2, 0) is 16.4 Å². The van der Waals surface area contributed by atoms with Crippen LogP contribution in [0.5, 0.6) is 0 Å². The summed E-state index contributed by atoms with van der Waals surface area (Å²) in [7, 11) is -3.51. The molecule has 1 unspecified atom stereocenters. The standard InChI is InChI=1S/C15H15Br2NO2S/c16-11-14(10-12-4-2-1-3-5-12)18-21(19,20)15-8-6-13(17)7-9-15/h1-9,14,18H,10-11H2. The molecule has 1 atom stereocenters. The van der Waals surface area contributed by atoms with Crippen molar-refractivity contribution in [1.29, 1.82) is 0 Å². The van der Waals surface area contributed by atoms with E-state index in [4.69, 9.17) is 0 Å². The normalized spacial score (nSPS) is 13.0. The minimum atomic E-state index is -3.51. The molecule has 0 aliphatic rings. The fourth-order valence-corrected chi connectivity index (χ4v) is 4.03. The van der Waals surface area contributed by atoms with Crippen molar-refractivity contribution in [2.24, 2.45) is 0 Å². The van der Waals surface area contributed by atoms with Crippen molar-refractivity contribution in [3.8, 4) is 0 Å². The Bertz CT molecular complexity index is 673. The first-order valence-corrected chi connectivity index (χ1v) is 9.79. The van der Waals surface area contributed by atoms with Crippen LogP contribution >= 0.6 is 31.9 Å². The van der Waals surface area contributed by atoms with E-state index in [1.807, 2.05) is 30.3 Å². The molecule has 0 aliphatic heterocycles. The second kappa shape index (κ2) is 7.54. The Kier molecular flexibility index (Phi) is 5.98. The lowest BCUT2D eigenvalue weighted by molar-refractivity contribution is 0.562. The van der Waals surface area contributed by atoms with Crippen LogP contribution in [0.2, 0.25) is 0 Å². The van der Waals surface area contributed by atoms with Crippen LogP contribution in [0.15, 0.2) is 64.0 Å². The second-order valence-electron chi connectivity index (χ2n) is 4.62. The highest BCUT2D eigenvalue weighted by atomic mass is 79.9. The summed E-state index contributed by atoms with van der Waals surface area (Å²) in [6, 6.07) is 16.2. The molecule has 6 heteroatoms. The summed E-state index contributed by atoms with van der Waals surface area (Å²) in [5.74, 6) is 0. The highest BCUT2D eigenvalue weighted by molar-refractivity contribution is 9.10. The average Bonchev–Trinajstić information content (AvgIpc) is 2.48. The van der Waals surface area contributed by atoms with E-state index in [1.54, 1.807) is 24.3 Å². The van der Waals surface area contributed by atoms with E-state index in [0.29, 0.717) is 11.8 Å². The van der Waals surface area contributed by atoms with Gasteiger partial charge in [0.1, 0.15) is 0 Å². The molecule has 0 spiro atoms. The number of halogens is 2. The number of nitrogens with one attached hydrogen (secondary N) is 1. The van der Waals surface area contributed by atoms with Gasteiger partial charge in [-0.3, -0.25) is 0 Å². The van der Waals surface area contributed by atoms with E-state index in [0.717, 1.165) is 10.0 Å².